The molecule has 160 valence electrons. The largest absolute Gasteiger partial charge is 0.381 e. The van der Waals surface area contributed by atoms with Crippen molar-refractivity contribution in [3.05, 3.63) is 11.6 Å². The van der Waals surface area contributed by atoms with Gasteiger partial charge in [0.2, 0.25) is 0 Å². The van der Waals surface area contributed by atoms with Crippen LogP contribution in [0.1, 0.15) is 43.8 Å². The van der Waals surface area contributed by atoms with Gasteiger partial charge in [-0.1, -0.05) is 0 Å². The van der Waals surface area contributed by atoms with Gasteiger partial charge in [0.15, 0.2) is 11.8 Å². The van der Waals surface area contributed by atoms with Crippen molar-refractivity contribution >= 4 is 29.9 Å². The second-order valence-electron chi connectivity index (χ2n) is 7.64. The molecule has 0 saturated carbocycles. The molecule has 1 N–H and O–H groups in total. The fraction of sp³-hybridized carbons (Fsp3) is 0.842. The zero-order valence-corrected chi connectivity index (χ0v) is 19.7. The summed E-state index contributed by atoms with van der Waals surface area (Å²) in [6.45, 7) is 6.94. The minimum Gasteiger partial charge on any atom is -0.381 e. The van der Waals surface area contributed by atoms with Crippen molar-refractivity contribution < 1.29 is 9.47 Å². The number of nitrogens with zero attached hydrogens (tertiary/aromatic N) is 5. The van der Waals surface area contributed by atoms with Crippen molar-refractivity contribution in [1.29, 1.82) is 0 Å². The normalized spacial score (nSPS) is 20.8. The fourth-order valence-electron chi connectivity index (χ4n) is 3.57. The van der Waals surface area contributed by atoms with Crippen LogP contribution in [0.4, 0.5) is 0 Å². The lowest BCUT2D eigenvalue weighted by Gasteiger charge is -2.27. The lowest BCUT2D eigenvalue weighted by Crippen LogP contribution is -2.43. The maximum atomic E-state index is 5.75. The fourth-order valence-corrected chi connectivity index (χ4v) is 3.57. The van der Waals surface area contributed by atoms with Gasteiger partial charge in [0, 0.05) is 47.0 Å². The van der Waals surface area contributed by atoms with E-state index in [0.717, 1.165) is 69.3 Å². The van der Waals surface area contributed by atoms with E-state index in [9.17, 15) is 0 Å². The van der Waals surface area contributed by atoms with Gasteiger partial charge in [-0.15, -0.1) is 34.2 Å². The maximum Gasteiger partial charge on any atom is 0.194 e. The first-order valence-corrected chi connectivity index (χ1v) is 10.2. The Morgan fingerprint density at radius 1 is 1.25 bits per heavy atom. The first-order valence-electron chi connectivity index (χ1n) is 10.2. The molecule has 0 radical (unpaired) electrons. The molecular formula is C19H35IN6O2. The highest BCUT2D eigenvalue weighted by molar-refractivity contribution is 14.0. The predicted octanol–water partition coefficient (Wildman–Crippen LogP) is 2.11. The van der Waals surface area contributed by atoms with Crippen molar-refractivity contribution in [3.8, 4) is 0 Å². The van der Waals surface area contributed by atoms with Gasteiger partial charge in [-0.25, -0.2) is 4.99 Å². The first-order chi connectivity index (χ1) is 13.1. The molecule has 2 aliphatic rings. The van der Waals surface area contributed by atoms with Crippen LogP contribution in [0, 0.1) is 12.8 Å². The second kappa shape index (κ2) is 11.9. The Morgan fingerprint density at radius 2 is 2.04 bits per heavy atom. The average molecular weight is 506 g/mol. The SMILES string of the molecule is Cc1nnc(CN=C(NCC2CCCO2)N(C)CCC2CCOCC2)n1C.I. The summed E-state index contributed by atoms with van der Waals surface area (Å²) in [4.78, 5) is 7.05. The highest BCUT2D eigenvalue weighted by Crippen LogP contribution is 2.18. The van der Waals surface area contributed by atoms with E-state index in [4.69, 9.17) is 14.5 Å². The Bertz CT molecular complexity index is 612. The van der Waals surface area contributed by atoms with Gasteiger partial charge < -0.3 is 24.3 Å². The summed E-state index contributed by atoms with van der Waals surface area (Å²) in [6.07, 6.45) is 6.06. The molecule has 28 heavy (non-hydrogen) atoms. The quantitative estimate of drug-likeness (QED) is 0.347. The van der Waals surface area contributed by atoms with Crippen LogP contribution < -0.4 is 5.32 Å². The number of guanidine groups is 1. The molecule has 3 rings (SSSR count). The minimum atomic E-state index is 0. The van der Waals surface area contributed by atoms with E-state index in [0.29, 0.717) is 6.54 Å². The highest BCUT2D eigenvalue weighted by atomic mass is 127. The summed E-state index contributed by atoms with van der Waals surface area (Å²) in [7, 11) is 4.09. The van der Waals surface area contributed by atoms with Gasteiger partial charge in [0.05, 0.1) is 6.10 Å². The lowest BCUT2D eigenvalue weighted by atomic mass is 9.96. The summed E-state index contributed by atoms with van der Waals surface area (Å²) in [5.41, 5.74) is 0. The molecule has 0 aromatic carbocycles. The van der Waals surface area contributed by atoms with E-state index in [1.807, 2.05) is 18.5 Å². The molecule has 3 heterocycles. The van der Waals surface area contributed by atoms with E-state index in [-0.39, 0.29) is 30.1 Å². The van der Waals surface area contributed by atoms with Crippen LogP contribution in [0.3, 0.4) is 0 Å². The number of aliphatic imine (C=N–C) groups is 1. The number of hydrogen-bond donors (Lipinski definition) is 1. The van der Waals surface area contributed by atoms with Crippen LogP contribution in [-0.4, -0.2) is 71.7 Å². The first kappa shape index (κ1) is 23.3. The van der Waals surface area contributed by atoms with Crippen LogP contribution >= 0.6 is 24.0 Å². The van der Waals surface area contributed by atoms with E-state index in [2.05, 4.69) is 27.5 Å². The molecule has 1 unspecified atom stereocenters. The van der Waals surface area contributed by atoms with Gasteiger partial charge >= 0.3 is 0 Å². The second-order valence-corrected chi connectivity index (χ2v) is 7.64. The molecule has 2 aliphatic heterocycles. The van der Waals surface area contributed by atoms with Gasteiger partial charge in [0.1, 0.15) is 12.4 Å². The van der Waals surface area contributed by atoms with Crippen LogP contribution in [0.2, 0.25) is 0 Å². The van der Waals surface area contributed by atoms with Crippen molar-refractivity contribution in [3.63, 3.8) is 0 Å². The van der Waals surface area contributed by atoms with Crippen LogP contribution in [0.25, 0.3) is 0 Å². The zero-order chi connectivity index (χ0) is 19.1. The number of nitrogens with one attached hydrogen (secondary N) is 1. The summed E-state index contributed by atoms with van der Waals surface area (Å²) >= 11 is 0. The molecule has 0 spiro atoms. The Morgan fingerprint density at radius 3 is 2.68 bits per heavy atom. The third kappa shape index (κ3) is 6.84. The van der Waals surface area contributed by atoms with Crippen molar-refractivity contribution in [1.82, 2.24) is 25.0 Å². The number of halogens is 1. The molecule has 1 aromatic rings. The number of aryl methyl sites for hydroxylation is 1. The maximum absolute atomic E-state index is 5.75. The molecule has 9 heteroatoms. The molecule has 1 aromatic heterocycles. The third-order valence-corrected chi connectivity index (χ3v) is 5.64. The molecule has 0 aliphatic carbocycles. The topological polar surface area (TPSA) is 76.8 Å². The number of rotatable bonds is 7. The van der Waals surface area contributed by atoms with Gasteiger partial charge in [-0.05, 0) is 44.9 Å². The van der Waals surface area contributed by atoms with Crippen molar-refractivity contribution in [2.45, 2.75) is 51.7 Å². The molecule has 0 amide bonds. The summed E-state index contributed by atoms with van der Waals surface area (Å²) < 4.78 is 13.2. The third-order valence-electron chi connectivity index (χ3n) is 5.64. The monoisotopic (exact) mass is 506 g/mol. The predicted molar refractivity (Wildman–Crippen MR) is 120 cm³/mol. The summed E-state index contributed by atoms with van der Waals surface area (Å²) in [5, 5.41) is 11.9. The van der Waals surface area contributed by atoms with Gasteiger partial charge in [0.25, 0.3) is 0 Å². The Kier molecular flexibility index (Phi) is 9.93. The van der Waals surface area contributed by atoms with Crippen molar-refractivity contribution in [2.75, 3.05) is 40.0 Å². The van der Waals surface area contributed by atoms with E-state index in [1.165, 1.54) is 19.3 Å². The summed E-state index contributed by atoms with van der Waals surface area (Å²) in [5.74, 6) is 3.45. The van der Waals surface area contributed by atoms with Gasteiger partial charge in [-0.3, -0.25) is 0 Å². The lowest BCUT2D eigenvalue weighted by molar-refractivity contribution is 0.0625. The molecule has 1 atom stereocenters. The van der Waals surface area contributed by atoms with E-state index >= 15 is 0 Å². The Balaban J connectivity index is 0.00000280. The zero-order valence-electron chi connectivity index (χ0n) is 17.4. The molecule has 2 saturated heterocycles. The molecule has 8 nitrogen and oxygen atoms in total. The molecule has 2 fully saturated rings. The smallest absolute Gasteiger partial charge is 0.194 e. The number of hydrogen-bond acceptors (Lipinski definition) is 5. The Hall–Kier alpha value is -0.940. The van der Waals surface area contributed by atoms with Crippen molar-refractivity contribution in [2.24, 2.45) is 18.0 Å². The molecule has 0 bridgehead atoms. The summed E-state index contributed by atoms with van der Waals surface area (Å²) in [6, 6.07) is 0. The standard InChI is InChI=1S/C19H34N6O2.HI/c1-15-22-23-18(25(15)3)14-21-19(20-13-17-5-4-10-27-17)24(2)9-6-16-7-11-26-12-8-16;/h16-17H,4-14H2,1-3H3,(H,20,21);1H. The van der Waals surface area contributed by atoms with Crippen LogP contribution in [0.5, 0.6) is 0 Å². The average Bonchev–Trinajstić information content (AvgIpc) is 3.32. The Labute approximate surface area is 185 Å². The van der Waals surface area contributed by atoms with Gasteiger partial charge in [-0.2, -0.15) is 0 Å². The number of aromatic nitrogens is 3. The number of ether oxygens (including phenoxy) is 2. The van der Waals surface area contributed by atoms with Crippen LogP contribution in [-0.2, 0) is 23.1 Å². The molecular weight excluding hydrogens is 471 g/mol. The minimum absolute atomic E-state index is 0. The van der Waals surface area contributed by atoms with Crippen LogP contribution in [0.15, 0.2) is 4.99 Å². The van der Waals surface area contributed by atoms with E-state index < -0.39 is 0 Å². The van der Waals surface area contributed by atoms with E-state index in [1.54, 1.807) is 0 Å². The highest BCUT2D eigenvalue weighted by Gasteiger charge is 2.19.